The fraction of sp³-hybridized carbons (Fsp3) is 0.250. The van der Waals surface area contributed by atoms with Crippen LogP contribution in [0.5, 0.6) is 17.2 Å². The summed E-state index contributed by atoms with van der Waals surface area (Å²) in [7, 11) is 4.75. The summed E-state index contributed by atoms with van der Waals surface area (Å²) in [6.45, 7) is 0.478. The molecule has 27 heavy (non-hydrogen) atoms. The van der Waals surface area contributed by atoms with Gasteiger partial charge in [-0.1, -0.05) is 11.6 Å². The van der Waals surface area contributed by atoms with E-state index in [0.717, 1.165) is 16.5 Å². The van der Waals surface area contributed by atoms with Crippen LogP contribution in [0.1, 0.15) is 15.9 Å². The van der Waals surface area contributed by atoms with Crippen molar-refractivity contribution in [2.24, 2.45) is 0 Å². The minimum Gasteiger partial charge on any atom is -0.493 e. The van der Waals surface area contributed by atoms with Crippen LogP contribution in [0.15, 0.2) is 36.5 Å². The molecule has 0 aliphatic rings. The van der Waals surface area contributed by atoms with E-state index in [1.54, 1.807) is 45.6 Å². The average molecular weight is 389 g/mol. The van der Waals surface area contributed by atoms with Crippen molar-refractivity contribution < 1.29 is 19.0 Å². The molecular formula is C20H21ClN2O4. The first-order valence-corrected chi connectivity index (χ1v) is 8.79. The zero-order valence-electron chi connectivity index (χ0n) is 15.4. The number of rotatable bonds is 7. The lowest BCUT2D eigenvalue weighted by atomic mass is 10.1. The van der Waals surface area contributed by atoms with E-state index in [1.807, 2.05) is 12.3 Å². The molecule has 1 amide bonds. The number of carbonyl (C=O) groups is 1. The van der Waals surface area contributed by atoms with Crippen LogP contribution in [-0.2, 0) is 6.42 Å². The first kappa shape index (κ1) is 18.9. The van der Waals surface area contributed by atoms with Gasteiger partial charge in [-0.25, -0.2) is 0 Å². The number of aromatic amines is 1. The molecule has 0 atom stereocenters. The summed E-state index contributed by atoms with van der Waals surface area (Å²) in [4.78, 5) is 15.5. The van der Waals surface area contributed by atoms with Gasteiger partial charge in [0.2, 0.25) is 5.75 Å². The number of benzene rings is 2. The van der Waals surface area contributed by atoms with Crippen LogP contribution in [0.3, 0.4) is 0 Å². The molecule has 2 N–H and O–H groups in total. The Morgan fingerprint density at radius 2 is 1.78 bits per heavy atom. The third-order valence-electron chi connectivity index (χ3n) is 4.34. The first-order valence-electron chi connectivity index (χ1n) is 8.41. The molecule has 1 aromatic heterocycles. The van der Waals surface area contributed by atoms with Gasteiger partial charge in [-0.3, -0.25) is 4.79 Å². The molecule has 0 saturated heterocycles. The maximum absolute atomic E-state index is 12.2. The van der Waals surface area contributed by atoms with Crippen molar-refractivity contribution in [1.29, 1.82) is 0 Å². The lowest BCUT2D eigenvalue weighted by Crippen LogP contribution is -2.25. The van der Waals surface area contributed by atoms with Gasteiger partial charge in [0, 0.05) is 34.8 Å². The molecule has 0 unspecified atom stereocenters. The van der Waals surface area contributed by atoms with Gasteiger partial charge in [0.15, 0.2) is 11.5 Å². The van der Waals surface area contributed by atoms with Gasteiger partial charge in [-0.05, 0) is 36.2 Å². The van der Waals surface area contributed by atoms with Gasteiger partial charge in [0.25, 0.3) is 5.91 Å². The number of aromatic nitrogens is 1. The highest BCUT2D eigenvalue weighted by molar-refractivity contribution is 6.30. The maximum atomic E-state index is 12.2. The molecule has 0 saturated carbocycles. The molecule has 0 aliphatic carbocycles. The molecular weight excluding hydrogens is 368 g/mol. The lowest BCUT2D eigenvalue weighted by molar-refractivity contribution is 0.0954. The SMILES string of the molecule is COc1cc2[nH]cc(CCNC(=O)c3ccc(Cl)cc3)c2c(OC)c1OC. The van der Waals surface area contributed by atoms with Crippen LogP contribution < -0.4 is 19.5 Å². The van der Waals surface area contributed by atoms with E-state index in [0.29, 0.717) is 40.8 Å². The van der Waals surface area contributed by atoms with E-state index < -0.39 is 0 Å². The van der Waals surface area contributed by atoms with Gasteiger partial charge >= 0.3 is 0 Å². The van der Waals surface area contributed by atoms with Gasteiger partial charge in [0.1, 0.15) is 0 Å². The molecule has 6 nitrogen and oxygen atoms in total. The van der Waals surface area contributed by atoms with Gasteiger partial charge in [-0.2, -0.15) is 0 Å². The Hall–Kier alpha value is -2.86. The van der Waals surface area contributed by atoms with Crippen LogP contribution in [0, 0.1) is 0 Å². The largest absolute Gasteiger partial charge is 0.493 e. The molecule has 3 aromatic rings. The summed E-state index contributed by atoms with van der Waals surface area (Å²) in [5.41, 5.74) is 2.46. The highest BCUT2D eigenvalue weighted by atomic mass is 35.5. The smallest absolute Gasteiger partial charge is 0.251 e. The number of H-pyrrole nitrogens is 1. The molecule has 1 heterocycles. The number of hydrogen-bond donors (Lipinski definition) is 2. The highest BCUT2D eigenvalue weighted by Crippen LogP contribution is 2.44. The number of fused-ring (bicyclic) bond motifs is 1. The summed E-state index contributed by atoms with van der Waals surface area (Å²) in [5.74, 6) is 1.59. The van der Waals surface area contributed by atoms with Gasteiger partial charge in [-0.15, -0.1) is 0 Å². The van der Waals surface area contributed by atoms with E-state index in [9.17, 15) is 4.79 Å². The third kappa shape index (κ3) is 3.80. The predicted molar refractivity (Wildman–Crippen MR) is 105 cm³/mol. The molecule has 0 fully saturated rings. The monoisotopic (exact) mass is 388 g/mol. The van der Waals surface area contributed by atoms with Gasteiger partial charge < -0.3 is 24.5 Å². The number of ether oxygens (including phenoxy) is 3. The van der Waals surface area contributed by atoms with Crippen molar-refractivity contribution in [3.8, 4) is 17.2 Å². The van der Waals surface area contributed by atoms with E-state index in [1.165, 1.54) is 0 Å². The minimum absolute atomic E-state index is 0.141. The van der Waals surface area contributed by atoms with E-state index >= 15 is 0 Å². The average Bonchev–Trinajstić information content (AvgIpc) is 3.09. The molecule has 7 heteroatoms. The molecule has 0 radical (unpaired) electrons. The second-order valence-electron chi connectivity index (χ2n) is 5.89. The van der Waals surface area contributed by atoms with Crippen molar-refractivity contribution in [2.75, 3.05) is 27.9 Å². The summed E-state index contributed by atoms with van der Waals surface area (Å²) in [5, 5.41) is 4.43. The Morgan fingerprint density at radius 3 is 2.41 bits per heavy atom. The van der Waals surface area contributed by atoms with Gasteiger partial charge in [0.05, 0.1) is 26.8 Å². The Balaban J connectivity index is 1.79. The van der Waals surface area contributed by atoms with Crippen LogP contribution in [0.25, 0.3) is 10.9 Å². The Labute approximate surface area is 162 Å². The van der Waals surface area contributed by atoms with E-state index in [2.05, 4.69) is 10.3 Å². The molecule has 0 bridgehead atoms. The molecule has 2 aromatic carbocycles. The molecule has 3 rings (SSSR count). The lowest BCUT2D eigenvalue weighted by Gasteiger charge is -2.14. The Kier molecular flexibility index (Phi) is 5.76. The predicted octanol–water partition coefficient (Wildman–Crippen LogP) is 3.82. The summed E-state index contributed by atoms with van der Waals surface area (Å²) < 4.78 is 16.4. The van der Waals surface area contributed by atoms with Crippen LogP contribution in [0.2, 0.25) is 5.02 Å². The quantitative estimate of drug-likeness (QED) is 0.645. The minimum atomic E-state index is -0.141. The number of methoxy groups -OCH3 is 3. The molecule has 142 valence electrons. The summed E-state index contributed by atoms with van der Waals surface area (Å²) in [6.07, 6.45) is 2.53. The summed E-state index contributed by atoms with van der Waals surface area (Å²) in [6, 6.07) is 8.65. The second kappa shape index (κ2) is 8.22. The number of carbonyl (C=O) groups excluding carboxylic acids is 1. The normalized spacial score (nSPS) is 10.7. The van der Waals surface area contributed by atoms with Crippen LogP contribution in [0.4, 0.5) is 0 Å². The zero-order chi connectivity index (χ0) is 19.4. The number of nitrogens with one attached hydrogen (secondary N) is 2. The first-order chi connectivity index (χ1) is 13.1. The summed E-state index contributed by atoms with van der Waals surface area (Å²) >= 11 is 5.85. The highest BCUT2D eigenvalue weighted by Gasteiger charge is 2.19. The Bertz CT molecular complexity index is 951. The van der Waals surface area contributed by atoms with E-state index in [4.69, 9.17) is 25.8 Å². The van der Waals surface area contributed by atoms with E-state index in [-0.39, 0.29) is 5.91 Å². The standard InChI is InChI=1S/C20H21ClN2O4/c1-25-16-10-15-17(19(27-3)18(16)26-2)13(11-23-15)8-9-22-20(24)12-4-6-14(21)7-5-12/h4-7,10-11,23H,8-9H2,1-3H3,(H,22,24). The third-order valence-corrected chi connectivity index (χ3v) is 4.59. The topological polar surface area (TPSA) is 72.6 Å². The molecule has 0 aliphatic heterocycles. The zero-order valence-corrected chi connectivity index (χ0v) is 16.1. The number of amides is 1. The van der Waals surface area contributed by atoms with Crippen molar-refractivity contribution in [1.82, 2.24) is 10.3 Å². The van der Waals surface area contributed by atoms with Crippen molar-refractivity contribution in [3.63, 3.8) is 0 Å². The number of hydrogen-bond acceptors (Lipinski definition) is 4. The number of halogens is 1. The molecule has 0 spiro atoms. The fourth-order valence-electron chi connectivity index (χ4n) is 3.04. The van der Waals surface area contributed by atoms with Crippen molar-refractivity contribution >= 4 is 28.4 Å². The maximum Gasteiger partial charge on any atom is 0.251 e. The Morgan fingerprint density at radius 1 is 1.07 bits per heavy atom. The van der Waals surface area contributed by atoms with Crippen molar-refractivity contribution in [3.05, 3.63) is 52.7 Å². The van der Waals surface area contributed by atoms with Crippen molar-refractivity contribution in [2.45, 2.75) is 6.42 Å². The second-order valence-corrected chi connectivity index (χ2v) is 6.33. The van der Waals surface area contributed by atoms with Crippen LogP contribution in [-0.4, -0.2) is 38.8 Å². The van der Waals surface area contributed by atoms with Crippen LogP contribution >= 0.6 is 11.6 Å². The fourth-order valence-corrected chi connectivity index (χ4v) is 3.16.